The molecule has 0 radical (unpaired) electrons. The Bertz CT molecular complexity index is 5800. The number of nitrogens with zero attached hydrogens (tertiary/aromatic N) is 18. The van der Waals surface area contributed by atoms with Gasteiger partial charge < -0.3 is 73.6 Å². The first-order chi connectivity index (χ1) is 55.7. The van der Waals surface area contributed by atoms with Gasteiger partial charge in [-0.15, -0.1) is 0 Å². The molecule has 0 unspecified atom stereocenters. The van der Waals surface area contributed by atoms with Gasteiger partial charge in [-0.05, 0) is 162 Å². The van der Waals surface area contributed by atoms with Gasteiger partial charge in [0, 0.05) is 175 Å². The third kappa shape index (κ3) is 21.4. The highest BCUT2D eigenvalue weighted by molar-refractivity contribution is 6.02. The first-order valence-corrected chi connectivity index (χ1v) is 39.3. The van der Waals surface area contributed by atoms with Gasteiger partial charge in [0.05, 0.1) is 130 Å². The zero-order valence-corrected chi connectivity index (χ0v) is 67.7. The number of anilines is 5. The number of hydrogen-bond acceptors (Lipinski definition) is 25. The Hall–Kier alpha value is -11.6. The quantitative estimate of drug-likeness (QED) is 0.0635. The molecule has 17 rings (SSSR count). The Morgan fingerprint density at radius 2 is 0.861 bits per heavy atom. The molecule has 115 heavy (non-hydrogen) atoms. The van der Waals surface area contributed by atoms with Crippen molar-refractivity contribution in [2.75, 3.05) is 186 Å². The van der Waals surface area contributed by atoms with Crippen molar-refractivity contribution in [1.82, 2.24) is 81.8 Å². The highest BCUT2D eigenvalue weighted by Gasteiger charge is 2.19. The Labute approximate surface area is 666 Å². The van der Waals surface area contributed by atoms with E-state index in [2.05, 4.69) is 86.0 Å². The number of amidine groups is 1. The minimum Gasteiger partial charge on any atom is -0.388 e. The fraction of sp³-hybridized carbons (Fsp3) is 0.417. The maximum atomic E-state index is 12.3. The summed E-state index contributed by atoms with van der Waals surface area (Å²) < 4.78 is 19.8. The molecule has 0 aliphatic carbocycles. The summed E-state index contributed by atoms with van der Waals surface area (Å²) in [6.45, 7) is 19.3. The summed E-state index contributed by atoms with van der Waals surface area (Å²) in [6, 6.07) is 32.4. The molecule has 6 aromatic carbocycles. The van der Waals surface area contributed by atoms with Crippen LogP contribution in [-0.4, -0.2) is 247 Å². The van der Waals surface area contributed by atoms with Crippen molar-refractivity contribution < 1.29 is 9.47 Å². The van der Waals surface area contributed by atoms with Crippen LogP contribution in [-0.2, 0) is 64.6 Å². The summed E-state index contributed by atoms with van der Waals surface area (Å²) in [5.41, 5.74) is 11.8. The van der Waals surface area contributed by atoms with Crippen LogP contribution in [0, 0.1) is 0 Å². The van der Waals surface area contributed by atoms with E-state index in [1.165, 1.54) is 54.3 Å². The second kappa shape index (κ2) is 39.4. The summed E-state index contributed by atoms with van der Waals surface area (Å²) >= 11 is 0. The van der Waals surface area contributed by atoms with Gasteiger partial charge in [-0.2, -0.15) is 0 Å². The second-order valence-electron chi connectivity index (χ2n) is 29.6. The van der Waals surface area contributed by atoms with Crippen LogP contribution in [0.3, 0.4) is 0 Å². The van der Waals surface area contributed by atoms with Crippen LogP contribution in [0.5, 0.6) is 0 Å². The molecule has 0 bridgehead atoms. The van der Waals surface area contributed by atoms with Crippen LogP contribution >= 0.6 is 0 Å². The van der Waals surface area contributed by atoms with Crippen LogP contribution in [0.2, 0.25) is 0 Å². The topological polar surface area (TPSA) is 317 Å². The zero-order valence-electron chi connectivity index (χ0n) is 67.7. The number of aromatic nitrogens is 12. The molecule has 606 valence electrons. The second-order valence-corrected chi connectivity index (χ2v) is 29.6. The number of benzene rings is 6. The normalized spacial score (nSPS) is 14.8. The number of aliphatic imine (C=N–C) groups is 1. The lowest BCUT2D eigenvalue weighted by Gasteiger charge is -2.26. The lowest BCUT2D eigenvalue weighted by Crippen LogP contribution is -2.39. The number of likely N-dealkylation sites (N-methyl/N-ethyl adjacent to an activating group) is 2. The SMILES string of the molecule is CN1CCN=C1c1ccc2c(=O)n(C)cnc2c1.CNc1ccc2c(=O)n(C)c(CCN(C)C)nc2c1.Cn1cnc2cc(NCCCN3CCOCC3)ccc2c1=O.Cn1cnc2cc(NCCN3CCCC3)ccc2c1=O.Cn1cnc2cc(NCCN3CCOCC3)ccc2c1=O.Cn1cnc2cc3c(cc2c1=O)CCN3. The molecule has 6 aromatic heterocycles. The smallest absolute Gasteiger partial charge is 0.261 e. The van der Waals surface area contributed by atoms with Crippen LogP contribution < -0.4 is 59.9 Å². The molecular weight excluding hydrogens is 1460 g/mol. The van der Waals surface area contributed by atoms with E-state index in [0.717, 1.165) is 216 Å². The number of hydrogen-bond donors (Lipinski definition) is 5. The van der Waals surface area contributed by atoms with Crippen molar-refractivity contribution in [3.05, 3.63) is 214 Å². The van der Waals surface area contributed by atoms with Crippen molar-refractivity contribution in [1.29, 1.82) is 0 Å². The van der Waals surface area contributed by atoms with E-state index >= 15 is 0 Å². The minimum atomic E-state index is -0.0201. The van der Waals surface area contributed by atoms with Crippen molar-refractivity contribution in [2.45, 2.75) is 32.1 Å². The summed E-state index contributed by atoms with van der Waals surface area (Å²) in [6.07, 6.45) is 13.3. The fourth-order valence-electron chi connectivity index (χ4n) is 14.1. The number of ether oxygens (including phenoxy) is 2. The van der Waals surface area contributed by atoms with Crippen LogP contribution in [0.1, 0.15) is 36.2 Å². The van der Waals surface area contributed by atoms with E-state index < -0.39 is 0 Å². The molecule has 0 amide bonds. The molecule has 5 N–H and O–H groups in total. The molecule has 0 saturated carbocycles. The van der Waals surface area contributed by atoms with Gasteiger partial charge in [-0.3, -0.25) is 48.1 Å². The predicted octanol–water partition coefficient (Wildman–Crippen LogP) is 5.79. The molecule has 5 aliphatic rings. The number of fused-ring (bicyclic) bond motifs is 7. The maximum Gasteiger partial charge on any atom is 0.261 e. The average Bonchev–Trinajstić information content (AvgIpc) is 1.41. The lowest BCUT2D eigenvalue weighted by molar-refractivity contribution is 0.0378. The van der Waals surface area contributed by atoms with Gasteiger partial charge >= 0.3 is 0 Å². The number of aryl methyl sites for hydroxylation is 5. The third-order valence-corrected chi connectivity index (χ3v) is 21.0. The standard InChI is InChI=1S/C16H22N4O2.C15H20N4O2.C15H20N4O.C14H20N4O.C13H14N4O.C11H11N3O/c1-19-12-18-15-11-13(3-4-14(15)16(19)21)17-5-2-6-20-7-9-22-10-8-20;1-18-11-17-14-10-12(2-3-13(14)15(18)20)16-4-5-19-6-8-21-9-7-19;1-18-11-17-14-10-12(4-5-13(14)15(18)20)16-6-9-19-7-2-3-8-19;1-15-10-5-6-11-12(9-10)16-13(7-8-17(2)3)18(4)14(11)19;1-16-6-5-14-12(16)9-3-4-10-11(7-9)15-8-17(2)13(10)18;1-14-6-13-10-5-9-7(2-3-12-9)4-8(10)11(14)15/h3-4,11-12,17H,2,5-10H2,1H3;2-3,10-11,16H,4-9H2,1H3;4-5,10-11,16H,2-3,6-9H2,1H3;5-6,9,15H,7-8H2,1-4H3;3-4,7-8H,5-6H2,1-2H3;4-6,12H,2-3H2,1H3. The molecule has 31 nitrogen and oxygen atoms in total. The minimum absolute atomic E-state index is 0.00128. The molecule has 0 atom stereocenters. The third-order valence-electron chi connectivity index (χ3n) is 21.0. The van der Waals surface area contributed by atoms with Gasteiger partial charge in [0.15, 0.2) is 0 Å². The van der Waals surface area contributed by atoms with E-state index in [-0.39, 0.29) is 33.4 Å². The summed E-state index contributed by atoms with van der Waals surface area (Å²) in [5, 5.41) is 20.5. The van der Waals surface area contributed by atoms with Gasteiger partial charge in [-0.1, -0.05) is 6.07 Å². The van der Waals surface area contributed by atoms with Crippen molar-refractivity contribution in [2.24, 2.45) is 47.3 Å². The van der Waals surface area contributed by atoms with E-state index in [0.29, 0.717) is 32.3 Å². The van der Waals surface area contributed by atoms with Crippen LogP contribution in [0.15, 0.2) is 169 Å². The predicted molar refractivity (Wildman–Crippen MR) is 460 cm³/mol. The monoisotopic (exact) mass is 1570 g/mol. The van der Waals surface area contributed by atoms with E-state index in [4.69, 9.17) is 9.47 Å². The Balaban J connectivity index is 0.000000128. The number of morpholine rings is 2. The summed E-state index contributed by atoms with van der Waals surface area (Å²) in [7, 11) is 18.3. The van der Waals surface area contributed by atoms with Gasteiger partial charge in [-0.25, -0.2) is 29.9 Å². The van der Waals surface area contributed by atoms with E-state index in [1.807, 2.05) is 131 Å². The Kier molecular flexibility index (Phi) is 28.4. The summed E-state index contributed by atoms with van der Waals surface area (Å²) in [5.74, 6) is 1.79. The molecule has 3 fully saturated rings. The Morgan fingerprint density at radius 3 is 1.33 bits per heavy atom. The Morgan fingerprint density at radius 1 is 0.443 bits per heavy atom. The molecule has 3 saturated heterocycles. The molecule has 31 heteroatoms. The van der Waals surface area contributed by atoms with E-state index in [9.17, 15) is 28.8 Å². The molecule has 12 aromatic rings. The first-order valence-electron chi connectivity index (χ1n) is 39.3. The van der Waals surface area contributed by atoms with Gasteiger partial charge in [0.2, 0.25) is 0 Å². The number of likely N-dealkylation sites (tertiary alicyclic amines) is 1. The molecule has 5 aliphatic heterocycles. The molecule has 11 heterocycles. The highest BCUT2D eigenvalue weighted by atomic mass is 16.5. The highest BCUT2D eigenvalue weighted by Crippen LogP contribution is 2.26. The average molecular weight is 1570 g/mol. The number of rotatable bonds is 18. The summed E-state index contributed by atoms with van der Waals surface area (Å²) in [4.78, 5) is 114. The van der Waals surface area contributed by atoms with Crippen molar-refractivity contribution in [3.8, 4) is 0 Å². The van der Waals surface area contributed by atoms with Crippen LogP contribution in [0.4, 0.5) is 28.4 Å². The van der Waals surface area contributed by atoms with Crippen molar-refractivity contribution >= 4 is 99.7 Å². The van der Waals surface area contributed by atoms with Crippen LogP contribution in [0.25, 0.3) is 65.4 Å². The molecular formula is C84H107N23O8. The van der Waals surface area contributed by atoms with Crippen molar-refractivity contribution in [3.63, 3.8) is 0 Å². The van der Waals surface area contributed by atoms with Gasteiger partial charge in [0.1, 0.15) is 11.7 Å². The zero-order chi connectivity index (χ0) is 81.1. The lowest BCUT2D eigenvalue weighted by atomic mass is 10.1. The number of nitrogens with one attached hydrogen (secondary N) is 5. The largest absolute Gasteiger partial charge is 0.388 e. The van der Waals surface area contributed by atoms with E-state index in [1.54, 1.807) is 78.5 Å². The fourth-order valence-corrected chi connectivity index (χ4v) is 14.1. The maximum absolute atomic E-state index is 12.3. The molecule has 0 spiro atoms. The first kappa shape index (κ1) is 82.8. The van der Waals surface area contributed by atoms with Gasteiger partial charge in [0.25, 0.3) is 33.4 Å².